The highest BCUT2D eigenvalue weighted by Gasteiger charge is 2.41. The van der Waals surface area contributed by atoms with Crippen molar-refractivity contribution in [2.45, 2.75) is 76.7 Å². The van der Waals surface area contributed by atoms with Gasteiger partial charge in [0, 0.05) is 23.8 Å². The van der Waals surface area contributed by atoms with Gasteiger partial charge in [0.1, 0.15) is 0 Å². The van der Waals surface area contributed by atoms with Crippen LogP contribution in [0.2, 0.25) is 0 Å². The van der Waals surface area contributed by atoms with Gasteiger partial charge in [0.25, 0.3) is 0 Å². The lowest BCUT2D eigenvalue weighted by Crippen LogP contribution is -2.40. The van der Waals surface area contributed by atoms with E-state index in [1.54, 1.807) is 0 Å². The summed E-state index contributed by atoms with van der Waals surface area (Å²) in [5.74, 6) is 6.24. The quantitative estimate of drug-likeness (QED) is 0.204. The van der Waals surface area contributed by atoms with Gasteiger partial charge in [0.2, 0.25) is 0 Å². The van der Waals surface area contributed by atoms with E-state index in [-0.39, 0.29) is 11.8 Å². The smallest absolute Gasteiger partial charge is 0.303 e. The van der Waals surface area contributed by atoms with Crippen molar-refractivity contribution in [2.24, 2.45) is 11.3 Å². The lowest BCUT2D eigenvalue weighted by atomic mass is 9.63. The molecule has 0 bridgehead atoms. The first-order valence-electron chi connectivity index (χ1n) is 12.1. The van der Waals surface area contributed by atoms with Crippen LogP contribution >= 0.6 is 0 Å². The zero-order valence-electron chi connectivity index (χ0n) is 19.0. The van der Waals surface area contributed by atoms with E-state index in [1.807, 2.05) is 42.5 Å². The lowest BCUT2D eigenvalue weighted by Gasteiger charge is -2.43. The van der Waals surface area contributed by atoms with Crippen LogP contribution in [0.25, 0.3) is 0 Å². The second-order valence-electron chi connectivity index (χ2n) is 9.19. The van der Waals surface area contributed by atoms with Gasteiger partial charge in [-0.25, -0.2) is 0 Å². The molecule has 0 radical (unpaired) electrons. The average Bonchev–Trinajstić information content (AvgIpc) is 2.77. The van der Waals surface area contributed by atoms with Crippen LogP contribution < -0.4 is 0 Å². The van der Waals surface area contributed by atoms with Gasteiger partial charge in [0.05, 0.1) is 6.10 Å². The zero-order valence-corrected chi connectivity index (χ0v) is 19.0. The Morgan fingerprint density at radius 2 is 1.97 bits per heavy atom. The molecule has 0 amide bonds. The minimum Gasteiger partial charge on any atom is -0.481 e. The fourth-order valence-electron chi connectivity index (χ4n) is 4.70. The average molecular weight is 433 g/mol. The third-order valence-corrected chi connectivity index (χ3v) is 6.88. The van der Waals surface area contributed by atoms with Crippen LogP contribution in [0.5, 0.6) is 0 Å². The van der Waals surface area contributed by atoms with Crippen LogP contribution in [0, 0.1) is 23.2 Å². The number of hydrogen-bond acceptors (Lipinski definition) is 2. The molecule has 0 aromatic heterocycles. The molecular weight excluding hydrogens is 396 g/mol. The Kier molecular flexibility index (Phi) is 9.38. The van der Waals surface area contributed by atoms with Crippen molar-refractivity contribution < 1.29 is 15.0 Å². The van der Waals surface area contributed by atoms with Gasteiger partial charge in [-0.15, -0.1) is 0 Å². The third-order valence-electron chi connectivity index (χ3n) is 6.88. The van der Waals surface area contributed by atoms with Crippen LogP contribution in [0.15, 0.2) is 66.3 Å². The van der Waals surface area contributed by atoms with Crippen molar-refractivity contribution in [2.75, 3.05) is 0 Å². The van der Waals surface area contributed by atoms with Crippen LogP contribution in [0.1, 0.15) is 76.2 Å². The molecule has 3 heteroatoms. The molecule has 2 atom stereocenters. The highest BCUT2D eigenvalue weighted by molar-refractivity contribution is 5.66. The van der Waals surface area contributed by atoms with Crippen LogP contribution in [-0.4, -0.2) is 22.3 Å². The summed E-state index contributed by atoms with van der Waals surface area (Å²) in [6, 6.07) is 10.0. The maximum Gasteiger partial charge on any atom is 0.303 e. The fourth-order valence-corrected chi connectivity index (χ4v) is 4.70. The number of carboxylic acids is 1. The minimum absolute atomic E-state index is 0.105. The second kappa shape index (κ2) is 12.5. The lowest BCUT2D eigenvalue weighted by molar-refractivity contribution is -0.137. The molecule has 2 N–H and O–H groups in total. The molecule has 170 valence electrons. The summed E-state index contributed by atoms with van der Waals surface area (Å²) in [7, 11) is 0. The number of unbranched alkanes of at least 4 members (excludes halogenated alkanes) is 1. The van der Waals surface area contributed by atoms with Crippen molar-refractivity contribution in [1.29, 1.82) is 0 Å². The molecule has 2 fully saturated rings. The second-order valence-corrected chi connectivity index (χ2v) is 9.19. The number of benzene rings is 1. The Hall–Kier alpha value is -2.57. The van der Waals surface area contributed by atoms with Gasteiger partial charge in [0.15, 0.2) is 0 Å². The Labute approximate surface area is 192 Å². The summed E-state index contributed by atoms with van der Waals surface area (Å²) >= 11 is 0. The largest absolute Gasteiger partial charge is 0.481 e. The molecule has 0 unspecified atom stereocenters. The van der Waals surface area contributed by atoms with Crippen molar-refractivity contribution >= 4 is 5.97 Å². The van der Waals surface area contributed by atoms with Gasteiger partial charge in [-0.05, 0) is 63.0 Å². The highest BCUT2D eigenvalue weighted by atomic mass is 16.4. The summed E-state index contributed by atoms with van der Waals surface area (Å²) in [6.45, 7) is 0. The maximum atomic E-state index is 10.8. The van der Waals surface area contributed by atoms with E-state index < -0.39 is 12.1 Å². The molecule has 3 rings (SSSR count). The van der Waals surface area contributed by atoms with E-state index in [1.165, 1.54) is 18.4 Å². The number of carbonyl (C=O) groups is 1. The van der Waals surface area contributed by atoms with Crippen molar-refractivity contribution in [3.63, 3.8) is 0 Å². The first kappa shape index (κ1) is 24.1. The number of rotatable bonds is 9. The number of aliphatic carboxylic acids is 1. The van der Waals surface area contributed by atoms with Crippen molar-refractivity contribution in [3.05, 3.63) is 71.8 Å². The number of allylic oxidation sites excluding steroid dienone is 5. The molecule has 0 heterocycles. The van der Waals surface area contributed by atoms with E-state index in [0.717, 1.165) is 50.5 Å². The first-order valence-corrected chi connectivity index (χ1v) is 12.1. The first-order chi connectivity index (χ1) is 15.6. The predicted molar refractivity (Wildman–Crippen MR) is 130 cm³/mol. The zero-order chi connectivity index (χ0) is 22.7. The topological polar surface area (TPSA) is 57.5 Å². The summed E-state index contributed by atoms with van der Waals surface area (Å²) in [5, 5.41) is 19.6. The summed E-state index contributed by atoms with van der Waals surface area (Å²) < 4.78 is 0. The van der Waals surface area contributed by atoms with Gasteiger partial charge >= 0.3 is 5.97 Å². The SMILES string of the molecule is O=C(O)CCC/C=C1\CCCC[C@H]1/C=C/C=C/[C@@H](O)C1(CC#Cc2ccccc2)CCC1. The molecule has 0 saturated heterocycles. The normalized spacial score (nSPS) is 22.4. The number of aliphatic hydroxyl groups is 1. The number of hydrogen-bond donors (Lipinski definition) is 2. The minimum atomic E-state index is -0.720. The molecule has 3 nitrogen and oxygen atoms in total. The van der Waals surface area contributed by atoms with E-state index in [2.05, 4.69) is 30.1 Å². The molecule has 0 spiro atoms. The summed E-state index contributed by atoms with van der Waals surface area (Å²) in [4.78, 5) is 10.7. The summed E-state index contributed by atoms with van der Waals surface area (Å²) in [5.41, 5.74) is 2.36. The Morgan fingerprint density at radius 3 is 2.69 bits per heavy atom. The van der Waals surface area contributed by atoms with Gasteiger partial charge in [-0.1, -0.05) is 78.8 Å². The maximum absolute atomic E-state index is 10.8. The standard InChI is InChI=1S/C29H36O3/c30-27(29(22-11-23-29)21-10-14-24-12-2-1-3-13-24)19-8-6-17-25-15-4-5-16-26(25)18-7-9-20-28(31)32/h1-3,6,8,12-13,17-19,25,27,30H,4-5,7,9,11,15-16,20-23H2,(H,31,32)/b17-6+,19-8+,26-18+/t25-,27+/m0/s1. The highest BCUT2D eigenvalue weighted by Crippen LogP contribution is 2.47. The molecule has 2 aliphatic rings. The molecule has 32 heavy (non-hydrogen) atoms. The van der Waals surface area contributed by atoms with E-state index >= 15 is 0 Å². The van der Waals surface area contributed by atoms with Crippen LogP contribution in [-0.2, 0) is 4.79 Å². The van der Waals surface area contributed by atoms with Crippen LogP contribution in [0.4, 0.5) is 0 Å². The molecule has 0 aliphatic heterocycles. The Bertz CT molecular complexity index is 878. The van der Waals surface area contributed by atoms with E-state index in [9.17, 15) is 9.90 Å². The van der Waals surface area contributed by atoms with E-state index in [0.29, 0.717) is 12.3 Å². The molecule has 1 aromatic rings. The van der Waals surface area contributed by atoms with Gasteiger partial charge in [-0.3, -0.25) is 4.79 Å². The summed E-state index contributed by atoms with van der Waals surface area (Å²) in [6.07, 6.45) is 20.5. The van der Waals surface area contributed by atoms with Gasteiger partial charge in [-0.2, -0.15) is 0 Å². The number of aliphatic hydroxyl groups excluding tert-OH is 1. The molecule has 2 aliphatic carbocycles. The molecule has 1 aromatic carbocycles. The van der Waals surface area contributed by atoms with Crippen LogP contribution in [0.3, 0.4) is 0 Å². The molecular formula is C29H36O3. The monoisotopic (exact) mass is 432 g/mol. The fraction of sp³-hybridized carbons (Fsp3) is 0.483. The Balaban J connectivity index is 1.53. The van der Waals surface area contributed by atoms with E-state index in [4.69, 9.17) is 5.11 Å². The molecule has 2 saturated carbocycles. The van der Waals surface area contributed by atoms with Crippen molar-refractivity contribution in [1.82, 2.24) is 0 Å². The predicted octanol–water partition coefficient (Wildman–Crippen LogP) is 6.44. The Morgan fingerprint density at radius 1 is 1.16 bits per heavy atom. The number of carboxylic acid groups (broad SMARTS) is 1. The van der Waals surface area contributed by atoms with Crippen molar-refractivity contribution in [3.8, 4) is 11.8 Å². The third kappa shape index (κ3) is 7.24. The van der Waals surface area contributed by atoms with Gasteiger partial charge < -0.3 is 10.2 Å².